The van der Waals surface area contributed by atoms with E-state index in [2.05, 4.69) is 0 Å². The van der Waals surface area contributed by atoms with Crippen LogP contribution in [-0.4, -0.2) is 17.6 Å². The van der Waals surface area contributed by atoms with Gasteiger partial charge in [-0.2, -0.15) is 0 Å². The van der Waals surface area contributed by atoms with E-state index in [1.165, 1.54) is 5.01 Å². The fraction of sp³-hybridized carbons (Fsp3) is 0.269. The van der Waals surface area contributed by atoms with Crippen molar-refractivity contribution in [2.45, 2.75) is 39.4 Å². The number of nitrogens with two attached hydrogens (primary N) is 2. The molecule has 5 N–H and O–H groups in total. The van der Waals surface area contributed by atoms with Crippen LogP contribution in [-0.2, 0) is 22.7 Å². The first kappa shape index (κ1) is 24.2. The van der Waals surface area contributed by atoms with Gasteiger partial charge in [-0.3, -0.25) is 4.79 Å². The Kier molecular flexibility index (Phi) is 8.03. The van der Waals surface area contributed by atoms with Crippen LogP contribution in [0.25, 0.3) is 0 Å². The molecule has 3 aromatic carbocycles. The highest BCUT2D eigenvalue weighted by atomic mass is 19.1. The number of esters is 1. The summed E-state index contributed by atoms with van der Waals surface area (Å²) in [4.78, 5) is 12.8. The minimum Gasteiger partial charge on any atom is -0.461 e. The molecule has 3 aromatic rings. The second kappa shape index (κ2) is 10.9. The Morgan fingerprint density at radius 1 is 1.15 bits per heavy atom. The van der Waals surface area contributed by atoms with Crippen LogP contribution in [0.5, 0.6) is 0 Å². The van der Waals surface area contributed by atoms with E-state index in [9.17, 15) is 9.90 Å². The fourth-order valence-corrected chi connectivity index (χ4v) is 3.74. The van der Waals surface area contributed by atoms with Gasteiger partial charge in [0.1, 0.15) is 6.61 Å². The molecule has 0 aliphatic carbocycles. The monoisotopic (exact) mass is 451 g/mol. The molecular weight excluding hydrogens is 421 g/mol. The lowest BCUT2D eigenvalue weighted by Gasteiger charge is -2.23. The summed E-state index contributed by atoms with van der Waals surface area (Å²) >= 11 is 0. The number of nitrogen functional groups attached to an aromatic ring is 1. The number of nitrogens with zero attached hydrogens (tertiary/aromatic N) is 1. The third-order valence-electron chi connectivity index (χ3n) is 5.77. The largest absolute Gasteiger partial charge is 0.461 e. The number of ether oxygens (including phenoxy) is 1. The number of benzene rings is 3. The quantitative estimate of drug-likeness (QED) is 0.195. The van der Waals surface area contributed by atoms with Crippen molar-refractivity contribution in [1.82, 2.24) is 0 Å². The first-order valence-corrected chi connectivity index (χ1v) is 10.9. The molecule has 0 saturated carbocycles. The van der Waals surface area contributed by atoms with Crippen LogP contribution in [0.15, 0.2) is 60.7 Å². The summed E-state index contributed by atoms with van der Waals surface area (Å²) in [5.41, 5.74) is 9.81. The summed E-state index contributed by atoms with van der Waals surface area (Å²) in [7, 11) is 0. The van der Waals surface area contributed by atoms with Gasteiger partial charge >= 0.3 is 5.97 Å². The van der Waals surface area contributed by atoms with E-state index in [0.717, 1.165) is 11.1 Å². The van der Waals surface area contributed by atoms with Crippen LogP contribution in [0.3, 0.4) is 0 Å². The first-order valence-electron chi connectivity index (χ1n) is 10.9. The number of aliphatic hydroxyl groups excluding tert-OH is 1. The van der Waals surface area contributed by atoms with Crippen molar-refractivity contribution in [3.63, 3.8) is 0 Å². The molecule has 7 heteroatoms. The molecule has 6 nitrogen and oxygen atoms in total. The van der Waals surface area contributed by atoms with Crippen molar-refractivity contribution in [3.8, 4) is 0 Å². The number of aliphatic hydroxyl groups is 1. The highest BCUT2D eigenvalue weighted by molar-refractivity contribution is 5.73. The number of aryl methyl sites for hydroxylation is 1. The molecule has 1 atom stereocenters. The summed E-state index contributed by atoms with van der Waals surface area (Å²) in [6, 6.07) is 18.1. The lowest BCUT2D eigenvalue weighted by molar-refractivity contribution is -0.145. The number of carbonyl (C=O) groups excluding carboxylic acids is 1. The minimum atomic E-state index is -0.650. The average Bonchev–Trinajstić information content (AvgIpc) is 2.83. The fourth-order valence-electron chi connectivity index (χ4n) is 3.74. The van der Waals surface area contributed by atoms with Gasteiger partial charge in [0.25, 0.3) is 0 Å². The van der Waals surface area contributed by atoms with Crippen molar-refractivity contribution >= 4 is 17.3 Å². The highest BCUT2D eigenvalue weighted by Crippen LogP contribution is 2.36. The van der Waals surface area contributed by atoms with Gasteiger partial charge in [0.05, 0.1) is 24.4 Å². The van der Waals surface area contributed by atoms with Crippen molar-refractivity contribution in [2.24, 2.45) is 5.84 Å². The zero-order valence-electron chi connectivity index (χ0n) is 18.9. The van der Waals surface area contributed by atoms with Crippen LogP contribution < -0.4 is 16.6 Å². The Labute approximate surface area is 193 Å². The Balaban J connectivity index is 1.95. The van der Waals surface area contributed by atoms with Gasteiger partial charge < -0.3 is 20.6 Å². The molecule has 174 valence electrons. The Morgan fingerprint density at radius 3 is 2.55 bits per heavy atom. The third kappa shape index (κ3) is 5.69. The molecule has 0 aromatic heterocycles. The van der Waals surface area contributed by atoms with Crippen LogP contribution in [0.1, 0.15) is 47.1 Å². The van der Waals surface area contributed by atoms with E-state index < -0.39 is 17.7 Å². The molecule has 1 unspecified atom stereocenters. The maximum absolute atomic E-state index is 15.4. The summed E-state index contributed by atoms with van der Waals surface area (Å²) in [5, 5.41) is 11.1. The van der Waals surface area contributed by atoms with Gasteiger partial charge in [-0.15, -0.1) is 0 Å². The zero-order chi connectivity index (χ0) is 24.0. The standard InChI is InChI=1S/C26H30FN3O3/c1-3-30(29)23-12-11-21(25(27)26(23)28)22(19-10-9-17(2)20(13-19)15-31)14-24(32)33-16-18-7-5-4-6-8-18/h4-13,22,31H,3,14-16,28-29H2,1-2H3. The molecule has 3 rings (SSSR count). The normalized spacial score (nSPS) is 11.8. The molecular formula is C26H30FN3O3. The molecule has 0 spiro atoms. The maximum atomic E-state index is 15.4. The van der Waals surface area contributed by atoms with E-state index in [4.69, 9.17) is 16.3 Å². The number of hydrazine groups is 1. The second-order valence-corrected chi connectivity index (χ2v) is 7.93. The molecule has 0 saturated heterocycles. The summed E-state index contributed by atoms with van der Waals surface area (Å²) < 4.78 is 20.9. The number of hydrogen-bond donors (Lipinski definition) is 3. The van der Waals surface area contributed by atoms with E-state index >= 15 is 4.39 Å². The number of hydrogen-bond acceptors (Lipinski definition) is 6. The predicted molar refractivity (Wildman–Crippen MR) is 128 cm³/mol. The smallest absolute Gasteiger partial charge is 0.307 e. The van der Waals surface area contributed by atoms with Crippen molar-refractivity contribution in [3.05, 3.63) is 94.3 Å². The second-order valence-electron chi connectivity index (χ2n) is 7.93. The van der Waals surface area contributed by atoms with E-state index in [1.54, 1.807) is 18.2 Å². The molecule has 0 aliphatic heterocycles. The lowest BCUT2D eigenvalue weighted by Crippen LogP contribution is -2.31. The molecule has 0 heterocycles. The van der Waals surface area contributed by atoms with Crippen LogP contribution in [0, 0.1) is 12.7 Å². The van der Waals surface area contributed by atoms with Crippen molar-refractivity contribution in [1.29, 1.82) is 0 Å². The summed E-state index contributed by atoms with van der Waals surface area (Å²) in [6.45, 7) is 4.14. The van der Waals surface area contributed by atoms with Gasteiger partial charge in [0.2, 0.25) is 0 Å². The van der Waals surface area contributed by atoms with Gasteiger partial charge in [-0.1, -0.05) is 54.6 Å². The molecule has 0 bridgehead atoms. The molecule has 0 fully saturated rings. The first-order chi connectivity index (χ1) is 15.8. The Morgan fingerprint density at radius 2 is 1.88 bits per heavy atom. The van der Waals surface area contributed by atoms with Crippen molar-refractivity contribution < 1.29 is 19.0 Å². The van der Waals surface area contributed by atoms with Crippen LogP contribution in [0.2, 0.25) is 0 Å². The SMILES string of the molecule is CCN(N)c1ccc(C(CC(=O)OCc2ccccc2)c2ccc(C)c(CO)c2)c(F)c1N. The number of rotatable bonds is 9. The summed E-state index contributed by atoms with van der Waals surface area (Å²) in [5.74, 6) is 4.18. The summed E-state index contributed by atoms with van der Waals surface area (Å²) in [6.07, 6.45) is -0.0867. The Bertz CT molecular complexity index is 1110. The molecule has 0 amide bonds. The minimum absolute atomic E-state index is 0.0750. The van der Waals surface area contributed by atoms with Gasteiger partial charge in [-0.05, 0) is 47.7 Å². The predicted octanol–water partition coefficient (Wildman–Crippen LogP) is 4.17. The molecule has 33 heavy (non-hydrogen) atoms. The number of anilines is 2. The van der Waals surface area contributed by atoms with E-state index in [-0.39, 0.29) is 30.9 Å². The number of halogens is 1. The third-order valence-corrected chi connectivity index (χ3v) is 5.77. The molecule has 0 aliphatic rings. The van der Waals surface area contributed by atoms with Gasteiger partial charge in [-0.25, -0.2) is 10.2 Å². The van der Waals surface area contributed by atoms with E-state index in [0.29, 0.717) is 23.4 Å². The highest BCUT2D eigenvalue weighted by Gasteiger charge is 2.25. The zero-order valence-corrected chi connectivity index (χ0v) is 18.9. The molecule has 0 radical (unpaired) electrons. The topological polar surface area (TPSA) is 102 Å². The van der Waals surface area contributed by atoms with Gasteiger partial charge in [0, 0.05) is 12.5 Å². The lowest BCUT2D eigenvalue weighted by atomic mass is 9.86. The van der Waals surface area contributed by atoms with E-state index in [1.807, 2.05) is 56.3 Å². The average molecular weight is 452 g/mol. The van der Waals surface area contributed by atoms with Crippen molar-refractivity contribution in [2.75, 3.05) is 17.3 Å². The maximum Gasteiger partial charge on any atom is 0.307 e. The van der Waals surface area contributed by atoms with Crippen LogP contribution in [0.4, 0.5) is 15.8 Å². The van der Waals surface area contributed by atoms with Gasteiger partial charge in [0.15, 0.2) is 5.82 Å². The number of carbonyl (C=O) groups is 1. The Hall–Kier alpha value is -3.42. The van der Waals surface area contributed by atoms with Crippen LogP contribution >= 0.6 is 0 Å².